The monoisotopic (exact) mass is 391 g/mol. The molecule has 3 rings (SSSR count). The third-order valence-electron chi connectivity index (χ3n) is 5.49. The highest BCUT2D eigenvalue weighted by Gasteiger charge is 2.39. The third kappa shape index (κ3) is 3.78. The number of rotatable bonds is 7. The summed E-state index contributed by atoms with van der Waals surface area (Å²) in [6.07, 6.45) is 1.88. The number of aromatic nitrogens is 2. The quantitative estimate of drug-likeness (QED) is 0.644. The van der Waals surface area contributed by atoms with Gasteiger partial charge < -0.3 is 10.4 Å². The lowest BCUT2D eigenvalue weighted by atomic mass is 9.78. The van der Waals surface area contributed by atoms with E-state index in [9.17, 15) is 14.7 Å². The number of carboxylic acids is 1. The Kier molecular flexibility index (Phi) is 5.82. The molecule has 1 unspecified atom stereocenters. The normalized spacial score (nSPS) is 12.9. The summed E-state index contributed by atoms with van der Waals surface area (Å²) in [6.45, 7) is 5.62. The van der Waals surface area contributed by atoms with Crippen molar-refractivity contribution in [2.75, 3.05) is 6.54 Å². The molecule has 0 saturated carbocycles. The van der Waals surface area contributed by atoms with Gasteiger partial charge in [-0.15, -0.1) is 0 Å². The molecule has 1 heterocycles. The van der Waals surface area contributed by atoms with Crippen molar-refractivity contribution in [2.45, 2.75) is 32.6 Å². The maximum absolute atomic E-state index is 12.9. The van der Waals surface area contributed by atoms with Crippen LogP contribution in [0.3, 0.4) is 0 Å². The average Bonchev–Trinajstić information content (AvgIpc) is 3.11. The number of benzene rings is 2. The van der Waals surface area contributed by atoms with Gasteiger partial charge in [-0.3, -0.25) is 9.59 Å². The first kappa shape index (κ1) is 20.3. The van der Waals surface area contributed by atoms with Crippen molar-refractivity contribution < 1.29 is 14.7 Å². The number of carbonyl (C=O) groups excluding carboxylic acids is 1. The second-order valence-corrected chi connectivity index (χ2v) is 7.13. The highest BCUT2D eigenvalue weighted by atomic mass is 16.4. The fourth-order valence-electron chi connectivity index (χ4n) is 3.54. The van der Waals surface area contributed by atoms with Crippen LogP contribution < -0.4 is 5.32 Å². The van der Waals surface area contributed by atoms with Gasteiger partial charge in [-0.25, -0.2) is 4.68 Å². The van der Waals surface area contributed by atoms with Gasteiger partial charge >= 0.3 is 5.97 Å². The number of hydrogen-bond acceptors (Lipinski definition) is 3. The van der Waals surface area contributed by atoms with E-state index >= 15 is 0 Å². The molecule has 2 N–H and O–H groups in total. The molecule has 6 heteroatoms. The molecule has 0 saturated heterocycles. The summed E-state index contributed by atoms with van der Waals surface area (Å²) >= 11 is 0. The lowest BCUT2D eigenvalue weighted by Crippen LogP contribution is -2.46. The van der Waals surface area contributed by atoms with E-state index in [-0.39, 0.29) is 12.5 Å². The Labute approximate surface area is 170 Å². The summed E-state index contributed by atoms with van der Waals surface area (Å²) in [5.41, 5.74) is 2.57. The number of nitrogens with zero attached hydrogens (tertiary/aromatic N) is 2. The molecule has 0 aliphatic rings. The summed E-state index contributed by atoms with van der Waals surface area (Å²) in [7, 11) is 0. The van der Waals surface area contributed by atoms with Crippen molar-refractivity contribution in [3.8, 4) is 5.69 Å². The lowest BCUT2D eigenvalue weighted by Gasteiger charge is -2.29. The minimum Gasteiger partial charge on any atom is -0.481 e. The first-order valence-corrected chi connectivity index (χ1v) is 9.58. The molecule has 0 aliphatic heterocycles. The van der Waals surface area contributed by atoms with Gasteiger partial charge in [0.1, 0.15) is 5.41 Å². The molecule has 1 atom stereocenters. The van der Waals surface area contributed by atoms with Crippen LogP contribution in [0.15, 0.2) is 60.8 Å². The Hall–Kier alpha value is -3.41. The summed E-state index contributed by atoms with van der Waals surface area (Å²) in [5, 5.41) is 17.1. The minimum absolute atomic E-state index is 0.00331. The lowest BCUT2D eigenvalue weighted by molar-refractivity contribution is -0.143. The van der Waals surface area contributed by atoms with Crippen LogP contribution in [0.1, 0.15) is 40.5 Å². The van der Waals surface area contributed by atoms with Gasteiger partial charge in [0.05, 0.1) is 23.1 Å². The largest absolute Gasteiger partial charge is 0.481 e. The van der Waals surface area contributed by atoms with Crippen molar-refractivity contribution in [1.29, 1.82) is 0 Å². The third-order valence-corrected chi connectivity index (χ3v) is 5.49. The van der Waals surface area contributed by atoms with Crippen molar-refractivity contribution in [3.05, 3.63) is 83.2 Å². The summed E-state index contributed by atoms with van der Waals surface area (Å²) < 4.78 is 1.73. The molecule has 6 nitrogen and oxygen atoms in total. The minimum atomic E-state index is -1.18. The van der Waals surface area contributed by atoms with Gasteiger partial charge in [0.15, 0.2) is 0 Å². The van der Waals surface area contributed by atoms with Crippen molar-refractivity contribution in [1.82, 2.24) is 15.1 Å². The molecule has 2 aromatic carbocycles. The first-order valence-electron chi connectivity index (χ1n) is 9.58. The van der Waals surface area contributed by atoms with E-state index in [0.717, 1.165) is 11.3 Å². The Bertz CT molecular complexity index is 1030. The van der Waals surface area contributed by atoms with E-state index in [4.69, 9.17) is 0 Å². The zero-order valence-electron chi connectivity index (χ0n) is 16.8. The standard InChI is InChI=1S/C23H25N3O3/c1-4-23(22(28)29,18-11-6-5-7-12-18)15-24-21(27)19-14-25-26(17(19)3)20-13-9-8-10-16(20)2/h5-14H,4,15H2,1-3H3,(H,24,27)(H,28,29). The molecule has 1 aromatic heterocycles. The summed E-state index contributed by atoms with van der Waals surface area (Å²) in [4.78, 5) is 25.0. The average molecular weight is 391 g/mol. The fraction of sp³-hybridized carbons (Fsp3) is 0.261. The van der Waals surface area contributed by atoms with E-state index in [2.05, 4.69) is 10.4 Å². The number of carbonyl (C=O) groups is 2. The van der Waals surface area contributed by atoms with Crippen LogP contribution in [0.2, 0.25) is 0 Å². The molecule has 0 aliphatic carbocycles. The number of carboxylic acid groups (broad SMARTS) is 1. The van der Waals surface area contributed by atoms with Crippen LogP contribution in [0.5, 0.6) is 0 Å². The second kappa shape index (κ2) is 8.31. The molecular formula is C23H25N3O3. The van der Waals surface area contributed by atoms with E-state index in [1.807, 2.05) is 51.1 Å². The highest BCUT2D eigenvalue weighted by Crippen LogP contribution is 2.28. The predicted octanol–water partition coefficient (Wildman–Crippen LogP) is 3.65. The number of para-hydroxylation sites is 1. The number of nitrogens with one attached hydrogen (secondary N) is 1. The van der Waals surface area contributed by atoms with Crippen LogP contribution in [-0.2, 0) is 10.2 Å². The van der Waals surface area contributed by atoms with Crippen LogP contribution in [0.25, 0.3) is 5.69 Å². The predicted molar refractivity (Wildman–Crippen MR) is 111 cm³/mol. The summed E-state index contributed by atoms with van der Waals surface area (Å²) in [5.74, 6) is -1.30. The van der Waals surface area contributed by atoms with Gasteiger partial charge in [0, 0.05) is 6.54 Å². The molecule has 29 heavy (non-hydrogen) atoms. The van der Waals surface area contributed by atoms with Gasteiger partial charge in [0.25, 0.3) is 5.91 Å². The second-order valence-electron chi connectivity index (χ2n) is 7.13. The zero-order chi connectivity index (χ0) is 21.0. The van der Waals surface area contributed by atoms with Gasteiger partial charge in [-0.1, -0.05) is 55.5 Å². The number of amides is 1. The van der Waals surface area contributed by atoms with Crippen LogP contribution in [0.4, 0.5) is 0 Å². The van der Waals surface area contributed by atoms with Crippen LogP contribution in [0, 0.1) is 13.8 Å². The van der Waals surface area contributed by atoms with Gasteiger partial charge in [-0.05, 0) is 37.5 Å². The molecule has 0 radical (unpaired) electrons. The van der Waals surface area contributed by atoms with Crippen molar-refractivity contribution >= 4 is 11.9 Å². The maximum atomic E-state index is 12.9. The van der Waals surface area contributed by atoms with Crippen LogP contribution in [-0.4, -0.2) is 33.3 Å². The Morgan fingerprint density at radius 2 is 1.72 bits per heavy atom. The Morgan fingerprint density at radius 1 is 1.07 bits per heavy atom. The molecule has 0 spiro atoms. The molecule has 3 aromatic rings. The van der Waals surface area contributed by atoms with Crippen molar-refractivity contribution in [2.24, 2.45) is 0 Å². The fourth-order valence-corrected chi connectivity index (χ4v) is 3.54. The topological polar surface area (TPSA) is 84.2 Å². The number of hydrogen-bond donors (Lipinski definition) is 2. The maximum Gasteiger partial charge on any atom is 0.315 e. The zero-order valence-corrected chi connectivity index (χ0v) is 16.8. The Balaban J connectivity index is 1.85. The van der Waals surface area contributed by atoms with Crippen molar-refractivity contribution in [3.63, 3.8) is 0 Å². The smallest absolute Gasteiger partial charge is 0.315 e. The molecule has 1 amide bonds. The van der Waals surface area contributed by atoms with Crippen LogP contribution >= 0.6 is 0 Å². The van der Waals surface area contributed by atoms with E-state index in [0.29, 0.717) is 23.2 Å². The molecule has 150 valence electrons. The highest BCUT2D eigenvalue weighted by molar-refractivity contribution is 5.96. The van der Waals surface area contributed by atoms with Gasteiger partial charge in [-0.2, -0.15) is 5.10 Å². The van der Waals surface area contributed by atoms with Gasteiger partial charge in [0.2, 0.25) is 0 Å². The number of aryl methyl sites for hydroxylation is 1. The summed E-state index contributed by atoms with van der Waals surface area (Å²) in [6, 6.07) is 16.8. The molecule has 0 fully saturated rings. The Morgan fingerprint density at radius 3 is 2.34 bits per heavy atom. The molecular weight excluding hydrogens is 366 g/mol. The van der Waals surface area contributed by atoms with E-state index in [1.54, 1.807) is 28.9 Å². The van der Waals surface area contributed by atoms with E-state index in [1.165, 1.54) is 6.20 Å². The van der Waals surface area contributed by atoms with E-state index < -0.39 is 11.4 Å². The molecule has 0 bridgehead atoms. The first-order chi connectivity index (χ1) is 13.9. The number of aliphatic carboxylic acids is 1. The SMILES string of the molecule is CCC(CNC(=O)c1cnn(-c2ccccc2C)c1C)(C(=O)O)c1ccccc1.